The minimum absolute atomic E-state index is 0.119. The predicted octanol–water partition coefficient (Wildman–Crippen LogP) is 1.71. The number of carbonyl (C=O) groups is 1. The number of aromatic nitrogens is 2. The number of nitrogens with zero attached hydrogens (tertiary/aromatic N) is 3. The van der Waals surface area contributed by atoms with Gasteiger partial charge in [-0.15, -0.1) is 0 Å². The van der Waals surface area contributed by atoms with E-state index in [1.54, 1.807) is 56.7 Å². The second-order valence-corrected chi connectivity index (χ2v) is 5.67. The summed E-state index contributed by atoms with van der Waals surface area (Å²) in [6.07, 6.45) is 1.47. The van der Waals surface area contributed by atoms with Crippen LogP contribution in [0.15, 0.2) is 52.4 Å². The van der Waals surface area contributed by atoms with E-state index in [4.69, 9.17) is 9.47 Å². The summed E-state index contributed by atoms with van der Waals surface area (Å²) in [5, 5.41) is 8.91. The second-order valence-electron chi connectivity index (χ2n) is 5.67. The Morgan fingerprint density at radius 1 is 1.11 bits per heavy atom. The van der Waals surface area contributed by atoms with Crippen LogP contribution in [0.25, 0.3) is 10.8 Å². The highest BCUT2D eigenvalue weighted by molar-refractivity contribution is 6.04. The van der Waals surface area contributed by atoms with Crippen LogP contribution in [0.1, 0.15) is 16.1 Å². The van der Waals surface area contributed by atoms with E-state index in [0.717, 1.165) is 4.68 Å². The fourth-order valence-electron chi connectivity index (χ4n) is 2.59. The van der Waals surface area contributed by atoms with Crippen molar-refractivity contribution < 1.29 is 14.3 Å². The van der Waals surface area contributed by atoms with Crippen molar-refractivity contribution in [3.63, 3.8) is 0 Å². The van der Waals surface area contributed by atoms with Gasteiger partial charge in [-0.05, 0) is 18.2 Å². The molecule has 0 saturated carbocycles. The van der Waals surface area contributed by atoms with Gasteiger partial charge in [-0.2, -0.15) is 10.2 Å². The minimum Gasteiger partial charge on any atom is -0.497 e. The number of hydrazone groups is 1. The molecule has 27 heavy (non-hydrogen) atoms. The lowest BCUT2D eigenvalue weighted by Gasteiger charge is -2.07. The normalized spacial score (nSPS) is 10.9. The van der Waals surface area contributed by atoms with E-state index in [9.17, 15) is 9.59 Å². The fourth-order valence-corrected chi connectivity index (χ4v) is 2.59. The zero-order valence-corrected chi connectivity index (χ0v) is 15.1. The molecule has 0 aliphatic heterocycles. The number of fused-ring (bicyclic) bond motifs is 1. The van der Waals surface area contributed by atoms with Gasteiger partial charge in [-0.25, -0.2) is 10.1 Å². The van der Waals surface area contributed by atoms with E-state index >= 15 is 0 Å². The first-order chi connectivity index (χ1) is 13.0. The van der Waals surface area contributed by atoms with Crippen molar-refractivity contribution in [3.8, 4) is 11.5 Å². The van der Waals surface area contributed by atoms with Gasteiger partial charge in [0, 0.05) is 24.1 Å². The Morgan fingerprint density at radius 2 is 1.74 bits per heavy atom. The Labute approximate surface area is 155 Å². The Kier molecular flexibility index (Phi) is 5.16. The van der Waals surface area contributed by atoms with Gasteiger partial charge in [-0.3, -0.25) is 9.59 Å². The molecule has 1 aromatic heterocycles. The lowest BCUT2D eigenvalue weighted by Crippen LogP contribution is -2.27. The summed E-state index contributed by atoms with van der Waals surface area (Å²) in [6, 6.07) is 12.0. The average Bonchev–Trinajstić information content (AvgIpc) is 2.70. The number of carbonyl (C=O) groups excluding carboxylic acids is 1. The molecule has 0 aliphatic rings. The lowest BCUT2D eigenvalue weighted by atomic mass is 10.1. The van der Waals surface area contributed by atoms with Crippen LogP contribution in [0.4, 0.5) is 0 Å². The summed E-state index contributed by atoms with van der Waals surface area (Å²) in [5.41, 5.74) is 2.97. The molecule has 0 aliphatic carbocycles. The molecule has 138 valence electrons. The van der Waals surface area contributed by atoms with Gasteiger partial charge in [-0.1, -0.05) is 18.2 Å². The first kappa shape index (κ1) is 18.1. The van der Waals surface area contributed by atoms with Crippen molar-refractivity contribution in [2.24, 2.45) is 12.1 Å². The maximum Gasteiger partial charge on any atom is 0.292 e. The van der Waals surface area contributed by atoms with E-state index < -0.39 is 5.91 Å². The summed E-state index contributed by atoms with van der Waals surface area (Å²) < 4.78 is 11.5. The third-order valence-corrected chi connectivity index (χ3v) is 3.93. The molecule has 0 radical (unpaired) electrons. The van der Waals surface area contributed by atoms with Gasteiger partial charge < -0.3 is 9.47 Å². The first-order valence-corrected chi connectivity index (χ1v) is 8.06. The summed E-state index contributed by atoms with van der Waals surface area (Å²) in [6.45, 7) is 0. The van der Waals surface area contributed by atoms with Crippen LogP contribution in [-0.4, -0.2) is 36.1 Å². The van der Waals surface area contributed by atoms with Crippen LogP contribution in [0.3, 0.4) is 0 Å². The van der Waals surface area contributed by atoms with Gasteiger partial charge >= 0.3 is 0 Å². The van der Waals surface area contributed by atoms with Gasteiger partial charge in [0.1, 0.15) is 11.5 Å². The molecule has 0 atom stereocenters. The van der Waals surface area contributed by atoms with E-state index in [1.165, 1.54) is 13.3 Å². The third-order valence-electron chi connectivity index (χ3n) is 3.93. The molecule has 3 rings (SSSR count). The van der Waals surface area contributed by atoms with Gasteiger partial charge in [0.2, 0.25) is 0 Å². The van der Waals surface area contributed by atoms with Crippen LogP contribution in [0, 0.1) is 0 Å². The van der Waals surface area contributed by atoms with Crippen molar-refractivity contribution in [3.05, 3.63) is 64.1 Å². The topological polar surface area (TPSA) is 94.8 Å². The second kappa shape index (κ2) is 7.69. The number of hydrogen-bond donors (Lipinski definition) is 1. The molecule has 8 nitrogen and oxygen atoms in total. The average molecular weight is 366 g/mol. The molecule has 3 aromatic rings. The lowest BCUT2D eigenvalue weighted by molar-refractivity contribution is 0.0950. The van der Waals surface area contributed by atoms with Crippen molar-refractivity contribution in [1.29, 1.82) is 0 Å². The van der Waals surface area contributed by atoms with Crippen molar-refractivity contribution >= 4 is 22.9 Å². The largest absolute Gasteiger partial charge is 0.497 e. The summed E-state index contributed by atoms with van der Waals surface area (Å²) in [5.74, 6) is 0.689. The number of hydrogen-bond acceptors (Lipinski definition) is 6. The number of methoxy groups -OCH3 is 2. The molecule has 1 amide bonds. The first-order valence-electron chi connectivity index (χ1n) is 8.06. The number of aryl methyl sites for hydroxylation is 1. The standard InChI is InChI=1S/C19H18N4O4/c1-23-19(25)16-7-5-4-6-15(16)17(22-23)18(24)21-20-11-12-8-13(26-2)10-14(9-12)27-3/h4-11H,1-3H3,(H,21,24)/b20-11+. The number of ether oxygens (including phenoxy) is 2. The summed E-state index contributed by atoms with van der Waals surface area (Å²) >= 11 is 0. The molecule has 0 bridgehead atoms. The van der Waals surface area contributed by atoms with Crippen LogP contribution >= 0.6 is 0 Å². The Morgan fingerprint density at radius 3 is 2.37 bits per heavy atom. The van der Waals surface area contributed by atoms with E-state index in [-0.39, 0.29) is 11.3 Å². The highest BCUT2D eigenvalue weighted by atomic mass is 16.5. The van der Waals surface area contributed by atoms with Gasteiger partial charge in [0.05, 0.1) is 25.8 Å². The Hall–Kier alpha value is -3.68. The number of amides is 1. The number of rotatable bonds is 5. The highest BCUT2D eigenvalue weighted by Crippen LogP contribution is 2.21. The molecular weight excluding hydrogens is 348 g/mol. The Bertz CT molecular complexity index is 1070. The maximum absolute atomic E-state index is 12.5. The molecule has 8 heteroatoms. The fraction of sp³-hybridized carbons (Fsp3) is 0.158. The number of nitrogens with one attached hydrogen (secondary N) is 1. The van der Waals surface area contributed by atoms with Crippen molar-refractivity contribution in [2.45, 2.75) is 0 Å². The maximum atomic E-state index is 12.5. The smallest absolute Gasteiger partial charge is 0.292 e. The van der Waals surface area contributed by atoms with Crippen LogP contribution in [0.5, 0.6) is 11.5 Å². The van der Waals surface area contributed by atoms with E-state index in [0.29, 0.717) is 27.8 Å². The zero-order valence-electron chi connectivity index (χ0n) is 15.1. The molecule has 0 spiro atoms. The molecule has 1 heterocycles. The van der Waals surface area contributed by atoms with Crippen molar-refractivity contribution in [2.75, 3.05) is 14.2 Å². The molecule has 1 N–H and O–H groups in total. The van der Waals surface area contributed by atoms with E-state index in [1.807, 2.05) is 0 Å². The van der Waals surface area contributed by atoms with Crippen molar-refractivity contribution in [1.82, 2.24) is 15.2 Å². The minimum atomic E-state index is -0.520. The number of benzene rings is 2. The third kappa shape index (κ3) is 3.79. The molecule has 0 saturated heterocycles. The van der Waals surface area contributed by atoms with Gasteiger partial charge in [0.15, 0.2) is 5.69 Å². The predicted molar refractivity (Wildman–Crippen MR) is 102 cm³/mol. The summed E-state index contributed by atoms with van der Waals surface area (Å²) in [7, 11) is 4.60. The van der Waals surface area contributed by atoms with Crippen LogP contribution in [-0.2, 0) is 7.05 Å². The van der Waals surface area contributed by atoms with Crippen LogP contribution < -0.4 is 20.5 Å². The van der Waals surface area contributed by atoms with Crippen LogP contribution in [0.2, 0.25) is 0 Å². The SMILES string of the molecule is COc1cc(/C=N/NC(=O)c2nn(C)c(=O)c3ccccc23)cc(OC)c1. The zero-order chi connectivity index (χ0) is 19.4. The quantitative estimate of drug-likeness (QED) is 0.548. The molecule has 2 aromatic carbocycles. The molecular formula is C19H18N4O4. The van der Waals surface area contributed by atoms with Gasteiger partial charge in [0.25, 0.3) is 11.5 Å². The highest BCUT2D eigenvalue weighted by Gasteiger charge is 2.14. The molecule has 0 unspecified atom stereocenters. The monoisotopic (exact) mass is 366 g/mol. The summed E-state index contributed by atoms with van der Waals surface area (Å²) in [4.78, 5) is 24.6. The molecule has 0 fully saturated rings. The Balaban J connectivity index is 1.87. The van der Waals surface area contributed by atoms with E-state index in [2.05, 4.69) is 15.6 Å².